The van der Waals surface area contributed by atoms with Gasteiger partial charge in [0.2, 0.25) is 0 Å². The Morgan fingerprint density at radius 2 is 1.93 bits per heavy atom. The highest BCUT2D eigenvalue weighted by atomic mass is 79.9. The molecule has 0 aliphatic rings. The van der Waals surface area contributed by atoms with E-state index in [-0.39, 0.29) is 18.4 Å². The standard InChI is InChI=1S/C18H17BrF3N5O/c1-4-23-18(28)9-5-10(14(21)15(22)13(9)20)25-17-16-11(6-12(19)26-17)24-7-27(16)8(2)3/h5-8H,4H2,1-3H3,(H,23,28)(H,25,26). The first-order chi connectivity index (χ1) is 13.2. The summed E-state index contributed by atoms with van der Waals surface area (Å²) in [7, 11) is 0. The molecule has 0 atom stereocenters. The first kappa shape index (κ1) is 20.1. The van der Waals surface area contributed by atoms with Gasteiger partial charge in [-0.05, 0) is 48.8 Å². The minimum Gasteiger partial charge on any atom is -0.352 e. The largest absolute Gasteiger partial charge is 0.352 e. The number of rotatable bonds is 5. The van der Waals surface area contributed by atoms with Gasteiger partial charge in [0.15, 0.2) is 23.3 Å². The quantitative estimate of drug-likeness (QED) is 0.432. The number of imidazole rings is 1. The number of carbonyl (C=O) groups excluding carboxylic acids is 1. The topological polar surface area (TPSA) is 71.8 Å². The Hall–Kier alpha value is -2.62. The predicted octanol–water partition coefficient (Wildman–Crippen LogP) is 4.69. The molecule has 0 saturated carbocycles. The lowest BCUT2D eigenvalue weighted by Gasteiger charge is -2.15. The number of fused-ring (bicyclic) bond motifs is 1. The number of benzene rings is 1. The summed E-state index contributed by atoms with van der Waals surface area (Å²) in [6.45, 7) is 5.70. The second-order valence-electron chi connectivity index (χ2n) is 6.30. The third-order valence-electron chi connectivity index (χ3n) is 4.06. The van der Waals surface area contributed by atoms with Crippen LogP contribution >= 0.6 is 15.9 Å². The lowest BCUT2D eigenvalue weighted by atomic mass is 10.1. The Kier molecular flexibility index (Phi) is 5.59. The van der Waals surface area contributed by atoms with Gasteiger partial charge in [-0.2, -0.15) is 0 Å². The molecular formula is C18H17BrF3N5O. The van der Waals surface area contributed by atoms with Crippen molar-refractivity contribution < 1.29 is 18.0 Å². The smallest absolute Gasteiger partial charge is 0.254 e. The van der Waals surface area contributed by atoms with E-state index in [1.165, 1.54) is 0 Å². The molecule has 10 heteroatoms. The van der Waals surface area contributed by atoms with E-state index in [1.807, 2.05) is 13.8 Å². The maximum absolute atomic E-state index is 14.4. The minimum atomic E-state index is -1.74. The van der Waals surface area contributed by atoms with Crippen molar-refractivity contribution in [3.05, 3.63) is 46.1 Å². The van der Waals surface area contributed by atoms with E-state index in [0.29, 0.717) is 15.6 Å². The summed E-state index contributed by atoms with van der Waals surface area (Å²) < 4.78 is 44.7. The average Bonchev–Trinajstić information content (AvgIpc) is 3.06. The third kappa shape index (κ3) is 3.56. The van der Waals surface area contributed by atoms with E-state index in [2.05, 4.69) is 36.5 Å². The number of nitrogens with one attached hydrogen (secondary N) is 2. The zero-order valence-corrected chi connectivity index (χ0v) is 16.9. The van der Waals surface area contributed by atoms with Crippen LogP contribution in [0.4, 0.5) is 24.7 Å². The van der Waals surface area contributed by atoms with Gasteiger partial charge in [0.25, 0.3) is 5.91 Å². The molecule has 1 aromatic carbocycles. The molecule has 0 radical (unpaired) electrons. The molecule has 0 saturated heterocycles. The molecule has 3 rings (SSSR count). The summed E-state index contributed by atoms with van der Waals surface area (Å²) >= 11 is 3.25. The van der Waals surface area contributed by atoms with Crippen molar-refractivity contribution in [2.45, 2.75) is 26.8 Å². The molecule has 0 unspecified atom stereocenters. The highest BCUT2D eigenvalue weighted by Gasteiger charge is 2.24. The molecule has 0 aliphatic heterocycles. The first-order valence-electron chi connectivity index (χ1n) is 8.50. The zero-order chi connectivity index (χ0) is 20.6. The molecule has 0 aliphatic carbocycles. The van der Waals surface area contributed by atoms with E-state index in [9.17, 15) is 18.0 Å². The summed E-state index contributed by atoms with van der Waals surface area (Å²) in [6.07, 6.45) is 1.61. The number of nitrogens with zero attached hydrogens (tertiary/aromatic N) is 3. The second-order valence-corrected chi connectivity index (χ2v) is 7.12. The van der Waals surface area contributed by atoms with Crippen molar-refractivity contribution in [2.75, 3.05) is 11.9 Å². The predicted molar refractivity (Wildman–Crippen MR) is 103 cm³/mol. The number of hydrogen-bond acceptors (Lipinski definition) is 4. The summed E-state index contributed by atoms with van der Waals surface area (Å²) in [6, 6.07) is 2.62. The van der Waals surface area contributed by atoms with E-state index in [0.717, 1.165) is 6.07 Å². The van der Waals surface area contributed by atoms with E-state index in [1.54, 1.807) is 23.9 Å². The average molecular weight is 456 g/mol. The van der Waals surface area contributed by atoms with Crippen LogP contribution in [0.25, 0.3) is 11.0 Å². The third-order valence-corrected chi connectivity index (χ3v) is 4.47. The van der Waals surface area contributed by atoms with Crippen LogP contribution < -0.4 is 10.6 Å². The lowest BCUT2D eigenvalue weighted by Crippen LogP contribution is -2.24. The highest BCUT2D eigenvalue weighted by Crippen LogP contribution is 2.31. The van der Waals surface area contributed by atoms with Crippen LogP contribution in [-0.4, -0.2) is 27.0 Å². The number of aromatic nitrogens is 3. The van der Waals surface area contributed by atoms with Crippen LogP contribution in [0.5, 0.6) is 0 Å². The van der Waals surface area contributed by atoms with Gasteiger partial charge in [0.1, 0.15) is 10.1 Å². The molecule has 148 valence electrons. The Balaban J connectivity index is 2.16. The Morgan fingerprint density at radius 3 is 2.57 bits per heavy atom. The molecule has 0 fully saturated rings. The molecule has 2 heterocycles. The van der Waals surface area contributed by atoms with Gasteiger partial charge in [-0.1, -0.05) is 0 Å². The molecular weight excluding hydrogens is 439 g/mol. The van der Waals surface area contributed by atoms with Gasteiger partial charge in [-0.15, -0.1) is 0 Å². The van der Waals surface area contributed by atoms with Gasteiger partial charge in [0.05, 0.1) is 23.1 Å². The van der Waals surface area contributed by atoms with Crippen molar-refractivity contribution in [2.24, 2.45) is 0 Å². The number of hydrogen-bond donors (Lipinski definition) is 2. The molecule has 0 bridgehead atoms. The van der Waals surface area contributed by atoms with Crippen molar-refractivity contribution >= 4 is 44.4 Å². The monoisotopic (exact) mass is 455 g/mol. The first-order valence-corrected chi connectivity index (χ1v) is 9.29. The summed E-state index contributed by atoms with van der Waals surface area (Å²) in [4.78, 5) is 20.6. The fourth-order valence-electron chi connectivity index (χ4n) is 2.75. The van der Waals surface area contributed by atoms with Crippen LogP contribution in [0, 0.1) is 17.5 Å². The van der Waals surface area contributed by atoms with Crippen molar-refractivity contribution in [3.63, 3.8) is 0 Å². The van der Waals surface area contributed by atoms with E-state index < -0.39 is 34.6 Å². The second kappa shape index (κ2) is 7.78. The van der Waals surface area contributed by atoms with E-state index in [4.69, 9.17) is 0 Å². The fraction of sp³-hybridized carbons (Fsp3) is 0.278. The van der Waals surface area contributed by atoms with Crippen molar-refractivity contribution in [3.8, 4) is 0 Å². The van der Waals surface area contributed by atoms with Crippen molar-refractivity contribution in [1.29, 1.82) is 0 Å². The maximum atomic E-state index is 14.4. The molecule has 3 aromatic rings. The van der Waals surface area contributed by atoms with Crippen molar-refractivity contribution in [1.82, 2.24) is 19.9 Å². The molecule has 0 spiro atoms. The highest BCUT2D eigenvalue weighted by molar-refractivity contribution is 9.10. The number of pyridine rings is 1. The number of halogens is 4. The van der Waals surface area contributed by atoms with Gasteiger partial charge >= 0.3 is 0 Å². The van der Waals surface area contributed by atoms with Crippen LogP contribution in [0.1, 0.15) is 37.2 Å². The molecule has 6 nitrogen and oxygen atoms in total. The zero-order valence-electron chi connectivity index (χ0n) is 15.3. The van der Waals surface area contributed by atoms with E-state index >= 15 is 0 Å². The van der Waals surface area contributed by atoms with Crippen LogP contribution in [-0.2, 0) is 0 Å². The SMILES string of the molecule is CCNC(=O)c1cc(Nc2nc(Br)cc3ncn(C(C)C)c23)c(F)c(F)c1F. The molecule has 2 aromatic heterocycles. The normalized spacial score (nSPS) is 11.3. The van der Waals surface area contributed by atoms with Gasteiger partial charge in [0, 0.05) is 12.6 Å². The molecule has 2 N–H and O–H groups in total. The summed E-state index contributed by atoms with van der Waals surface area (Å²) in [5.74, 6) is -5.40. The Bertz CT molecular complexity index is 1070. The maximum Gasteiger partial charge on any atom is 0.254 e. The van der Waals surface area contributed by atoms with Gasteiger partial charge in [-0.3, -0.25) is 4.79 Å². The van der Waals surface area contributed by atoms with Gasteiger partial charge < -0.3 is 15.2 Å². The number of carbonyl (C=O) groups is 1. The fourth-order valence-corrected chi connectivity index (χ4v) is 3.15. The summed E-state index contributed by atoms with van der Waals surface area (Å²) in [5, 5.41) is 5.05. The van der Waals surface area contributed by atoms with Crippen LogP contribution in [0.15, 0.2) is 23.1 Å². The van der Waals surface area contributed by atoms with Crippen LogP contribution in [0.3, 0.4) is 0 Å². The minimum absolute atomic E-state index is 0.0224. The van der Waals surface area contributed by atoms with Gasteiger partial charge in [-0.25, -0.2) is 23.1 Å². The molecule has 1 amide bonds. The van der Waals surface area contributed by atoms with Crippen LogP contribution in [0.2, 0.25) is 0 Å². The Labute approximate surface area is 167 Å². The number of anilines is 2. The molecule has 28 heavy (non-hydrogen) atoms. The Morgan fingerprint density at radius 1 is 1.21 bits per heavy atom. The number of amides is 1. The summed E-state index contributed by atoms with van der Waals surface area (Å²) in [5.41, 5.74) is 0.113. The lowest BCUT2D eigenvalue weighted by molar-refractivity contribution is 0.0950.